The maximum Gasteiger partial charge on any atom is 0.238 e. The maximum absolute atomic E-state index is 12.4. The molecule has 4 heteroatoms. The molecule has 2 rings (SSSR count). The molecule has 0 spiro atoms. The number of benzene rings is 1. The predicted octanol–water partition coefficient (Wildman–Crippen LogP) is 2.64. The van der Waals surface area contributed by atoms with E-state index in [2.05, 4.69) is 0 Å². The van der Waals surface area contributed by atoms with Crippen LogP contribution in [0.2, 0.25) is 0 Å². The second-order valence-electron chi connectivity index (χ2n) is 5.01. The molecular weight excluding hydrogens is 246 g/mol. The molecule has 0 aliphatic carbocycles. The molecule has 1 unspecified atom stereocenters. The molecule has 1 N–H and O–H groups in total. The molecule has 1 heterocycles. The number of hydrogen-bond donors (Lipinski definition) is 1. The largest absolute Gasteiger partial charge is 0.508 e. The minimum absolute atomic E-state index is 0.207. The van der Waals surface area contributed by atoms with Crippen LogP contribution in [0.1, 0.15) is 25.3 Å². The van der Waals surface area contributed by atoms with E-state index in [1.807, 2.05) is 26.1 Å². The van der Waals surface area contributed by atoms with Crippen molar-refractivity contribution in [3.05, 3.63) is 29.8 Å². The van der Waals surface area contributed by atoms with Crippen molar-refractivity contribution < 1.29 is 9.90 Å². The van der Waals surface area contributed by atoms with Crippen molar-refractivity contribution in [1.29, 1.82) is 0 Å². The first-order chi connectivity index (χ1) is 8.51. The number of phenolic OH excluding ortho intramolecular Hbond substituents is 1. The quantitative estimate of drug-likeness (QED) is 0.913. The summed E-state index contributed by atoms with van der Waals surface area (Å²) >= 11 is 1.76. The van der Waals surface area contributed by atoms with Gasteiger partial charge in [-0.05, 0) is 43.2 Å². The third kappa shape index (κ3) is 2.80. The summed E-state index contributed by atoms with van der Waals surface area (Å²) in [4.78, 5) is 14.2. The monoisotopic (exact) mass is 265 g/mol. The number of phenols is 1. The molecule has 1 amide bonds. The number of carbonyl (C=O) groups is 1. The topological polar surface area (TPSA) is 40.5 Å². The number of thioether (sulfide) groups is 1. The molecule has 0 radical (unpaired) electrons. The first-order valence-corrected chi connectivity index (χ1v) is 7.17. The Morgan fingerprint density at radius 2 is 2.11 bits per heavy atom. The molecule has 1 aromatic rings. The Hall–Kier alpha value is -1.16. The summed E-state index contributed by atoms with van der Waals surface area (Å²) < 4.78 is -0.244. The van der Waals surface area contributed by atoms with E-state index in [0.29, 0.717) is 6.54 Å². The molecule has 1 aliphatic heterocycles. The second kappa shape index (κ2) is 5.22. The summed E-state index contributed by atoms with van der Waals surface area (Å²) in [5, 5.41) is 9.23. The lowest BCUT2D eigenvalue weighted by Gasteiger charge is -2.28. The van der Waals surface area contributed by atoms with Crippen LogP contribution in [-0.2, 0) is 11.3 Å². The van der Waals surface area contributed by atoms with Gasteiger partial charge in [0.1, 0.15) is 5.75 Å². The first kappa shape index (κ1) is 13.3. The van der Waals surface area contributed by atoms with Gasteiger partial charge in [0.05, 0.1) is 4.75 Å². The van der Waals surface area contributed by atoms with Gasteiger partial charge in [-0.25, -0.2) is 0 Å². The molecule has 1 atom stereocenters. The van der Waals surface area contributed by atoms with Crippen molar-refractivity contribution in [3.63, 3.8) is 0 Å². The van der Waals surface area contributed by atoms with Crippen molar-refractivity contribution in [1.82, 2.24) is 4.90 Å². The van der Waals surface area contributed by atoms with Gasteiger partial charge < -0.3 is 10.0 Å². The van der Waals surface area contributed by atoms with Gasteiger partial charge in [0.2, 0.25) is 5.91 Å². The molecule has 18 heavy (non-hydrogen) atoms. The van der Waals surface area contributed by atoms with Gasteiger partial charge in [0.15, 0.2) is 0 Å². The van der Waals surface area contributed by atoms with E-state index in [1.165, 1.54) is 0 Å². The Morgan fingerprint density at radius 3 is 2.67 bits per heavy atom. The molecule has 1 aliphatic rings. The number of carbonyl (C=O) groups excluding carboxylic acids is 1. The lowest BCUT2D eigenvalue weighted by molar-refractivity contribution is -0.132. The number of rotatable bonds is 3. The molecule has 98 valence electrons. The highest BCUT2D eigenvalue weighted by molar-refractivity contribution is 8.01. The lowest BCUT2D eigenvalue weighted by Crippen LogP contribution is -2.41. The van der Waals surface area contributed by atoms with Crippen molar-refractivity contribution >= 4 is 17.7 Å². The fourth-order valence-electron chi connectivity index (χ4n) is 2.30. The minimum Gasteiger partial charge on any atom is -0.508 e. The Morgan fingerprint density at radius 1 is 1.44 bits per heavy atom. The average Bonchev–Trinajstić information content (AvgIpc) is 2.79. The highest BCUT2D eigenvalue weighted by Gasteiger charge is 2.38. The number of amides is 1. The highest BCUT2D eigenvalue weighted by atomic mass is 32.2. The first-order valence-electron chi connectivity index (χ1n) is 6.19. The smallest absolute Gasteiger partial charge is 0.238 e. The molecule has 0 bridgehead atoms. The molecule has 1 fully saturated rings. The molecular formula is C14H19NO2S. The molecule has 1 saturated heterocycles. The van der Waals surface area contributed by atoms with E-state index in [1.54, 1.807) is 28.8 Å². The minimum atomic E-state index is -0.244. The Kier molecular flexibility index (Phi) is 3.85. The van der Waals surface area contributed by atoms with Crippen LogP contribution in [0.15, 0.2) is 24.3 Å². The van der Waals surface area contributed by atoms with Crippen LogP contribution in [0.5, 0.6) is 5.75 Å². The van der Waals surface area contributed by atoms with Gasteiger partial charge in [-0.15, -0.1) is 11.8 Å². The van der Waals surface area contributed by atoms with Crippen molar-refractivity contribution in [3.8, 4) is 5.75 Å². The molecule has 1 aromatic carbocycles. The summed E-state index contributed by atoms with van der Waals surface area (Å²) in [5.74, 6) is 1.54. The van der Waals surface area contributed by atoms with Crippen molar-refractivity contribution in [2.24, 2.45) is 0 Å². The van der Waals surface area contributed by atoms with Gasteiger partial charge >= 0.3 is 0 Å². The second-order valence-corrected chi connectivity index (χ2v) is 6.61. The zero-order valence-corrected chi connectivity index (χ0v) is 11.7. The normalized spacial score (nSPS) is 23.0. The zero-order chi connectivity index (χ0) is 13.2. The van der Waals surface area contributed by atoms with Crippen LogP contribution < -0.4 is 0 Å². The SMILES string of the molecule is CN(Cc1ccc(O)cc1)C(=O)C1(C)CCCS1. The average molecular weight is 265 g/mol. The number of aromatic hydroxyl groups is 1. The fraction of sp³-hybridized carbons (Fsp3) is 0.500. The maximum atomic E-state index is 12.4. The Balaban J connectivity index is 2.01. The van der Waals surface area contributed by atoms with Crippen LogP contribution in [0.25, 0.3) is 0 Å². The predicted molar refractivity (Wildman–Crippen MR) is 74.7 cm³/mol. The highest BCUT2D eigenvalue weighted by Crippen LogP contribution is 2.39. The van der Waals surface area contributed by atoms with E-state index < -0.39 is 0 Å². The third-order valence-corrected chi connectivity index (χ3v) is 4.88. The van der Waals surface area contributed by atoms with Crippen molar-refractivity contribution in [2.45, 2.75) is 31.1 Å². The molecule has 0 aromatic heterocycles. The lowest BCUT2D eigenvalue weighted by atomic mass is 10.0. The van der Waals surface area contributed by atoms with Crippen LogP contribution in [0.3, 0.4) is 0 Å². The van der Waals surface area contributed by atoms with E-state index in [4.69, 9.17) is 0 Å². The summed E-state index contributed by atoms with van der Waals surface area (Å²) in [6.45, 7) is 2.63. The standard InChI is InChI=1S/C14H19NO2S/c1-14(8-3-9-18-14)13(17)15(2)10-11-4-6-12(16)7-5-11/h4-7,16H,3,8-10H2,1-2H3. The summed E-state index contributed by atoms with van der Waals surface area (Å²) in [7, 11) is 1.85. The molecule has 0 saturated carbocycles. The third-order valence-electron chi connectivity index (χ3n) is 3.37. The van der Waals surface area contributed by atoms with Gasteiger partial charge in [-0.2, -0.15) is 0 Å². The van der Waals surface area contributed by atoms with Crippen LogP contribution in [-0.4, -0.2) is 33.5 Å². The van der Waals surface area contributed by atoms with Crippen LogP contribution >= 0.6 is 11.8 Å². The van der Waals surface area contributed by atoms with Crippen LogP contribution in [0, 0.1) is 0 Å². The zero-order valence-electron chi connectivity index (χ0n) is 10.8. The van der Waals surface area contributed by atoms with E-state index in [-0.39, 0.29) is 16.4 Å². The van der Waals surface area contributed by atoms with Gasteiger partial charge in [-0.3, -0.25) is 4.79 Å². The van der Waals surface area contributed by atoms with Gasteiger partial charge in [0.25, 0.3) is 0 Å². The van der Waals surface area contributed by atoms with Gasteiger partial charge in [-0.1, -0.05) is 12.1 Å². The van der Waals surface area contributed by atoms with Gasteiger partial charge in [0, 0.05) is 13.6 Å². The molecule has 3 nitrogen and oxygen atoms in total. The Bertz CT molecular complexity index is 424. The van der Waals surface area contributed by atoms with Crippen molar-refractivity contribution in [2.75, 3.05) is 12.8 Å². The van der Waals surface area contributed by atoms with E-state index in [0.717, 1.165) is 24.2 Å². The number of nitrogens with zero attached hydrogens (tertiary/aromatic N) is 1. The Labute approximate surface area is 112 Å². The van der Waals surface area contributed by atoms with E-state index in [9.17, 15) is 9.90 Å². The summed E-state index contributed by atoms with van der Waals surface area (Å²) in [6.07, 6.45) is 2.09. The summed E-state index contributed by atoms with van der Waals surface area (Å²) in [6, 6.07) is 7.01. The number of hydrogen-bond acceptors (Lipinski definition) is 3. The van der Waals surface area contributed by atoms with Crippen LogP contribution in [0.4, 0.5) is 0 Å². The summed E-state index contributed by atoms with van der Waals surface area (Å²) in [5.41, 5.74) is 1.04. The fourth-order valence-corrected chi connectivity index (χ4v) is 3.61. The van der Waals surface area contributed by atoms with E-state index >= 15 is 0 Å².